The topological polar surface area (TPSA) is 166 Å². The SMILES string of the molecule is CC(=O)N[C@H]1[C@H](O)[C@H](O)[C@@H](COP(=O)(O)O)O[C@H]1O. The highest BCUT2D eigenvalue weighted by atomic mass is 31.2. The van der Waals surface area contributed by atoms with Gasteiger partial charge >= 0.3 is 7.82 Å². The van der Waals surface area contributed by atoms with Gasteiger partial charge in [0.1, 0.15) is 24.4 Å². The van der Waals surface area contributed by atoms with Crippen molar-refractivity contribution in [1.82, 2.24) is 5.32 Å². The summed E-state index contributed by atoms with van der Waals surface area (Å²) in [4.78, 5) is 27.9. The molecule has 10 nitrogen and oxygen atoms in total. The first-order valence-corrected chi connectivity index (χ1v) is 6.81. The van der Waals surface area contributed by atoms with Crippen LogP contribution in [0.5, 0.6) is 0 Å². The molecule has 0 bridgehead atoms. The first kappa shape index (κ1) is 16.5. The predicted octanol–water partition coefficient (Wildman–Crippen LogP) is -2.96. The fourth-order valence-electron chi connectivity index (χ4n) is 1.65. The summed E-state index contributed by atoms with van der Waals surface area (Å²) < 4.78 is 19.5. The molecule has 0 radical (unpaired) electrons. The Morgan fingerprint density at radius 2 is 1.89 bits per heavy atom. The molecule has 1 amide bonds. The fourth-order valence-corrected chi connectivity index (χ4v) is 1.99. The van der Waals surface area contributed by atoms with Crippen LogP contribution in [0, 0.1) is 0 Å². The summed E-state index contributed by atoms with van der Waals surface area (Å²) in [6.45, 7) is 0.418. The number of hydrogen-bond acceptors (Lipinski definition) is 7. The van der Waals surface area contributed by atoms with Gasteiger partial charge in [-0.3, -0.25) is 9.32 Å². The zero-order chi connectivity index (χ0) is 14.8. The van der Waals surface area contributed by atoms with Gasteiger partial charge in [-0.1, -0.05) is 0 Å². The molecule has 1 rings (SSSR count). The van der Waals surface area contributed by atoms with Crippen molar-refractivity contribution in [3.05, 3.63) is 0 Å². The van der Waals surface area contributed by atoms with Crippen LogP contribution < -0.4 is 5.32 Å². The Bertz CT molecular complexity index is 371. The highest BCUT2D eigenvalue weighted by Crippen LogP contribution is 2.36. The summed E-state index contributed by atoms with van der Waals surface area (Å²) in [5.74, 6) is -0.552. The molecular weight excluding hydrogens is 285 g/mol. The van der Waals surface area contributed by atoms with Gasteiger partial charge in [-0.2, -0.15) is 0 Å². The lowest BCUT2D eigenvalue weighted by molar-refractivity contribution is -0.252. The molecule has 5 atom stereocenters. The second-order valence-electron chi connectivity index (χ2n) is 4.06. The van der Waals surface area contributed by atoms with Gasteiger partial charge in [0.05, 0.1) is 6.61 Å². The maximum absolute atomic E-state index is 10.9. The highest BCUT2D eigenvalue weighted by molar-refractivity contribution is 7.46. The molecule has 1 aliphatic rings. The normalized spacial score (nSPS) is 36.0. The van der Waals surface area contributed by atoms with E-state index in [0.29, 0.717) is 0 Å². The van der Waals surface area contributed by atoms with Crippen LogP contribution in [0.15, 0.2) is 0 Å². The molecule has 6 N–H and O–H groups in total. The van der Waals surface area contributed by atoms with Gasteiger partial charge in [-0.15, -0.1) is 0 Å². The van der Waals surface area contributed by atoms with E-state index < -0.39 is 51.0 Å². The molecule has 0 aromatic heterocycles. The number of amides is 1. The molecule has 19 heavy (non-hydrogen) atoms. The molecule has 1 aliphatic heterocycles. The number of aliphatic hydroxyl groups excluding tert-OH is 3. The van der Waals surface area contributed by atoms with Gasteiger partial charge in [0, 0.05) is 6.92 Å². The zero-order valence-corrected chi connectivity index (χ0v) is 10.8. The van der Waals surface area contributed by atoms with Crippen molar-refractivity contribution in [3.63, 3.8) is 0 Å². The van der Waals surface area contributed by atoms with Crippen molar-refractivity contribution in [3.8, 4) is 0 Å². The minimum absolute atomic E-state index is 0.552. The summed E-state index contributed by atoms with van der Waals surface area (Å²) in [6.07, 6.45) is -6.15. The average Bonchev–Trinajstić information content (AvgIpc) is 2.26. The number of carbonyl (C=O) groups excluding carboxylic acids is 1. The van der Waals surface area contributed by atoms with Crippen LogP contribution in [-0.4, -0.2) is 68.3 Å². The Kier molecular flexibility index (Phi) is 5.42. The van der Waals surface area contributed by atoms with Crippen molar-refractivity contribution in [2.45, 2.75) is 37.6 Å². The van der Waals surface area contributed by atoms with Crippen LogP contribution in [0.1, 0.15) is 6.92 Å². The first-order valence-electron chi connectivity index (χ1n) is 5.28. The standard InChI is InChI=1S/C8H16NO9P/c1-3(10)9-5-7(12)6(11)4(18-8(5)13)2-17-19(14,15)16/h4-8,11-13H,2H2,1H3,(H,9,10)(H2,14,15,16)/t4-,5+,6-,7+,8-/m1/s1. The number of phosphoric ester groups is 1. The predicted molar refractivity (Wildman–Crippen MR) is 58.5 cm³/mol. The van der Waals surface area contributed by atoms with E-state index in [-0.39, 0.29) is 0 Å². The van der Waals surface area contributed by atoms with Crippen LogP contribution in [-0.2, 0) is 18.6 Å². The molecule has 0 aromatic rings. The van der Waals surface area contributed by atoms with Crippen molar-refractivity contribution >= 4 is 13.7 Å². The van der Waals surface area contributed by atoms with Gasteiger partial charge in [0.25, 0.3) is 0 Å². The van der Waals surface area contributed by atoms with Crippen LogP contribution in [0.3, 0.4) is 0 Å². The van der Waals surface area contributed by atoms with Crippen LogP contribution in [0.2, 0.25) is 0 Å². The summed E-state index contributed by atoms with van der Waals surface area (Å²) >= 11 is 0. The minimum Gasteiger partial charge on any atom is -0.388 e. The maximum atomic E-state index is 10.9. The molecular formula is C8H16NO9P. The summed E-state index contributed by atoms with van der Waals surface area (Å²) in [5.41, 5.74) is 0. The summed E-state index contributed by atoms with van der Waals surface area (Å²) in [5, 5.41) is 31.1. The Hall–Kier alpha value is -0.580. The number of rotatable bonds is 4. The number of hydrogen-bond donors (Lipinski definition) is 6. The lowest BCUT2D eigenvalue weighted by Crippen LogP contribution is -2.64. The van der Waals surface area contributed by atoms with Gasteiger partial charge in [-0.05, 0) is 0 Å². The molecule has 0 saturated carbocycles. The van der Waals surface area contributed by atoms with E-state index in [0.717, 1.165) is 6.92 Å². The molecule has 1 saturated heterocycles. The van der Waals surface area contributed by atoms with E-state index in [9.17, 15) is 24.7 Å². The number of nitrogens with one attached hydrogen (secondary N) is 1. The molecule has 112 valence electrons. The minimum atomic E-state index is -4.76. The van der Waals surface area contributed by atoms with E-state index in [1.807, 2.05) is 0 Å². The van der Waals surface area contributed by atoms with E-state index in [4.69, 9.17) is 14.5 Å². The number of phosphoric acid groups is 1. The second-order valence-corrected chi connectivity index (χ2v) is 5.30. The molecule has 1 heterocycles. The van der Waals surface area contributed by atoms with Crippen LogP contribution >= 0.6 is 7.82 Å². The van der Waals surface area contributed by atoms with E-state index in [1.165, 1.54) is 0 Å². The van der Waals surface area contributed by atoms with E-state index in [2.05, 4.69) is 9.84 Å². The number of aliphatic hydroxyl groups is 3. The molecule has 0 spiro atoms. The number of ether oxygens (including phenoxy) is 1. The lowest BCUT2D eigenvalue weighted by Gasteiger charge is -2.40. The van der Waals surface area contributed by atoms with Gasteiger partial charge in [0.2, 0.25) is 5.91 Å². The molecule has 11 heteroatoms. The second kappa shape index (κ2) is 6.25. The molecule has 1 fully saturated rings. The third-order valence-electron chi connectivity index (χ3n) is 2.50. The Balaban J connectivity index is 2.66. The fraction of sp³-hybridized carbons (Fsp3) is 0.875. The number of carbonyl (C=O) groups is 1. The Morgan fingerprint density at radius 3 is 2.37 bits per heavy atom. The van der Waals surface area contributed by atoms with Crippen molar-refractivity contribution in [1.29, 1.82) is 0 Å². The highest BCUT2D eigenvalue weighted by Gasteiger charge is 2.44. The quantitative estimate of drug-likeness (QED) is 0.297. The smallest absolute Gasteiger partial charge is 0.388 e. The zero-order valence-electron chi connectivity index (χ0n) is 9.91. The largest absolute Gasteiger partial charge is 0.469 e. The molecule has 0 unspecified atom stereocenters. The van der Waals surface area contributed by atoms with Gasteiger partial charge in [0.15, 0.2) is 6.29 Å². The monoisotopic (exact) mass is 301 g/mol. The summed E-state index contributed by atoms with van der Waals surface area (Å²) in [7, 11) is -4.76. The third-order valence-corrected chi connectivity index (χ3v) is 2.98. The van der Waals surface area contributed by atoms with Crippen LogP contribution in [0.25, 0.3) is 0 Å². The summed E-state index contributed by atoms with van der Waals surface area (Å²) in [6, 6.07) is -1.25. The Morgan fingerprint density at radius 1 is 1.32 bits per heavy atom. The van der Waals surface area contributed by atoms with E-state index >= 15 is 0 Å². The van der Waals surface area contributed by atoms with Gasteiger partial charge < -0.3 is 35.2 Å². The first-order chi connectivity index (χ1) is 8.61. The average molecular weight is 301 g/mol. The molecule has 0 aromatic carbocycles. The van der Waals surface area contributed by atoms with Crippen molar-refractivity contribution in [2.75, 3.05) is 6.61 Å². The third kappa shape index (κ3) is 4.79. The lowest BCUT2D eigenvalue weighted by atomic mass is 9.97. The molecule has 0 aliphatic carbocycles. The van der Waals surface area contributed by atoms with Gasteiger partial charge in [-0.25, -0.2) is 4.57 Å². The maximum Gasteiger partial charge on any atom is 0.469 e. The van der Waals surface area contributed by atoms with Crippen molar-refractivity contribution < 1.29 is 43.7 Å². The Labute approximate surface area is 108 Å². The van der Waals surface area contributed by atoms with Crippen molar-refractivity contribution in [2.24, 2.45) is 0 Å². The van der Waals surface area contributed by atoms with Crippen LogP contribution in [0.4, 0.5) is 0 Å². The van der Waals surface area contributed by atoms with E-state index in [1.54, 1.807) is 0 Å².